The second-order valence-corrected chi connectivity index (χ2v) is 6.04. The van der Waals surface area contributed by atoms with Crippen LogP contribution in [0.25, 0.3) is 0 Å². The Morgan fingerprint density at radius 2 is 1.70 bits per heavy atom. The molecule has 8 heteroatoms. The zero-order valence-corrected chi connectivity index (χ0v) is 16.3. The van der Waals surface area contributed by atoms with Crippen LogP contribution in [0.3, 0.4) is 0 Å². The molecule has 2 aromatic rings. The fraction of sp³-hybridized carbons (Fsp3) is 0.263. The number of carbonyl (C=O) groups excluding carboxylic acids is 2. The monoisotopic (exact) mass is 392 g/mol. The summed E-state index contributed by atoms with van der Waals surface area (Å²) in [5.74, 6) is 0.332. The number of rotatable bonds is 7. The molecule has 0 atom stereocenters. The average molecular weight is 393 g/mol. The largest absolute Gasteiger partial charge is 0.495 e. The normalized spacial score (nSPS) is 10.1. The quantitative estimate of drug-likeness (QED) is 0.756. The van der Waals surface area contributed by atoms with Crippen molar-refractivity contribution in [3.63, 3.8) is 0 Å². The van der Waals surface area contributed by atoms with Gasteiger partial charge in [-0.2, -0.15) is 0 Å². The van der Waals surface area contributed by atoms with Crippen LogP contribution < -0.4 is 24.8 Å². The zero-order chi connectivity index (χ0) is 20.0. The molecule has 0 aliphatic carbocycles. The van der Waals surface area contributed by atoms with Gasteiger partial charge >= 0.3 is 0 Å². The number of hydrogen-bond donors (Lipinski definition) is 2. The van der Waals surface area contributed by atoms with E-state index < -0.39 is 5.91 Å². The van der Waals surface area contributed by atoms with Crippen LogP contribution in [-0.4, -0.2) is 39.7 Å². The third-order valence-corrected chi connectivity index (χ3v) is 4.02. The maximum Gasteiger partial charge on any atom is 0.251 e. The summed E-state index contributed by atoms with van der Waals surface area (Å²) >= 11 is 6.10. The number of hydrogen-bond acceptors (Lipinski definition) is 5. The van der Waals surface area contributed by atoms with Crippen LogP contribution in [0.4, 0.5) is 5.69 Å². The fourth-order valence-electron chi connectivity index (χ4n) is 2.43. The third-order valence-electron chi connectivity index (χ3n) is 3.73. The minimum atomic E-state index is -0.468. The molecule has 27 heavy (non-hydrogen) atoms. The molecule has 0 heterocycles. The van der Waals surface area contributed by atoms with Crippen LogP contribution in [0.1, 0.15) is 15.9 Å². The maximum absolute atomic E-state index is 12.3. The average Bonchev–Trinajstić information content (AvgIpc) is 2.65. The van der Waals surface area contributed by atoms with E-state index in [1.165, 1.54) is 33.5 Å². The molecule has 0 unspecified atom stereocenters. The van der Waals surface area contributed by atoms with E-state index in [-0.39, 0.29) is 23.0 Å². The van der Waals surface area contributed by atoms with E-state index in [1.807, 2.05) is 13.0 Å². The highest BCUT2D eigenvalue weighted by molar-refractivity contribution is 6.32. The van der Waals surface area contributed by atoms with Gasteiger partial charge in [0.2, 0.25) is 5.91 Å². The first-order chi connectivity index (χ1) is 12.9. The number of methoxy groups -OCH3 is 3. The fourth-order valence-corrected chi connectivity index (χ4v) is 2.71. The van der Waals surface area contributed by atoms with E-state index in [4.69, 9.17) is 25.8 Å². The van der Waals surface area contributed by atoms with Gasteiger partial charge in [0, 0.05) is 5.56 Å². The molecule has 2 N–H and O–H groups in total. The lowest BCUT2D eigenvalue weighted by atomic mass is 10.2. The molecule has 0 aliphatic heterocycles. The minimum absolute atomic E-state index is 0.220. The standard InChI is InChI=1S/C19H21ClN2O5/c1-11-5-6-15(25-2)14(7-11)22-17(23)10-21-19(24)12-8-13(20)18(27-4)16(9-12)26-3/h5-9H,10H2,1-4H3,(H,21,24)(H,22,23). The Morgan fingerprint density at radius 3 is 2.33 bits per heavy atom. The SMILES string of the molecule is COc1ccc(C)cc1NC(=O)CNC(=O)c1cc(Cl)c(OC)c(OC)c1. The Kier molecular flexibility index (Phi) is 6.90. The van der Waals surface area contributed by atoms with Crippen molar-refractivity contribution in [3.05, 3.63) is 46.5 Å². The maximum atomic E-state index is 12.3. The highest BCUT2D eigenvalue weighted by atomic mass is 35.5. The summed E-state index contributed by atoms with van der Waals surface area (Å²) in [5, 5.41) is 5.48. The van der Waals surface area contributed by atoms with Gasteiger partial charge in [-0.05, 0) is 36.8 Å². The molecule has 0 spiro atoms. The second kappa shape index (κ2) is 9.14. The molecule has 0 aliphatic rings. The summed E-state index contributed by atoms with van der Waals surface area (Å²) in [6.45, 7) is 1.68. The summed E-state index contributed by atoms with van der Waals surface area (Å²) in [6.07, 6.45) is 0. The van der Waals surface area contributed by atoms with Crippen molar-refractivity contribution in [2.45, 2.75) is 6.92 Å². The molecule has 0 saturated heterocycles. The number of benzene rings is 2. The molecule has 2 aromatic carbocycles. The van der Waals surface area contributed by atoms with E-state index >= 15 is 0 Å². The number of amides is 2. The summed E-state index contributed by atoms with van der Waals surface area (Å²) in [6, 6.07) is 8.35. The minimum Gasteiger partial charge on any atom is -0.495 e. The lowest BCUT2D eigenvalue weighted by Gasteiger charge is -2.13. The molecule has 0 saturated carbocycles. The predicted molar refractivity (Wildman–Crippen MR) is 103 cm³/mol. The van der Waals surface area contributed by atoms with Crippen LogP contribution in [0.15, 0.2) is 30.3 Å². The lowest BCUT2D eigenvalue weighted by molar-refractivity contribution is -0.115. The molecular weight excluding hydrogens is 372 g/mol. The van der Waals surface area contributed by atoms with E-state index in [2.05, 4.69) is 10.6 Å². The molecule has 2 amide bonds. The Morgan fingerprint density at radius 1 is 1.00 bits per heavy atom. The van der Waals surface area contributed by atoms with Crippen molar-refractivity contribution >= 4 is 29.1 Å². The van der Waals surface area contributed by atoms with Gasteiger partial charge < -0.3 is 24.8 Å². The van der Waals surface area contributed by atoms with E-state index in [0.717, 1.165) is 5.56 Å². The number of halogens is 1. The number of nitrogens with one attached hydrogen (secondary N) is 2. The van der Waals surface area contributed by atoms with Crippen molar-refractivity contribution in [2.24, 2.45) is 0 Å². The van der Waals surface area contributed by atoms with Gasteiger partial charge in [0.25, 0.3) is 5.91 Å². The number of aryl methyl sites for hydroxylation is 1. The van der Waals surface area contributed by atoms with Crippen LogP contribution >= 0.6 is 11.6 Å². The van der Waals surface area contributed by atoms with Gasteiger partial charge in [-0.25, -0.2) is 0 Å². The lowest BCUT2D eigenvalue weighted by Crippen LogP contribution is -2.33. The summed E-state index contributed by atoms with van der Waals surface area (Å²) in [4.78, 5) is 24.5. The van der Waals surface area contributed by atoms with Crippen LogP contribution in [-0.2, 0) is 4.79 Å². The Labute approximate surface area is 162 Å². The molecule has 0 bridgehead atoms. The summed E-state index contributed by atoms with van der Waals surface area (Å²) < 4.78 is 15.5. The Hall–Kier alpha value is -2.93. The van der Waals surface area contributed by atoms with Crippen molar-refractivity contribution in [1.29, 1.82) is 0 Å². The van der Waals surface area contributed by atoms with Gasteiger partial charge in [0.15, 0.2) is 11.5 Å². The molecule has 0 radical (unpaired) electrons. The van der Waals surface area contributed by atoms with Crippen LogP contribution in [0, 0.1) is 6.92 Å². The molecule has 2 rings (SSSR count). The first-order valence-corrected chi connectivity index (χ1v) is 8.41. The van der Waals surface area contributed by atoms with Gasteiger partial charge in [0.1, 0.15) is 5.75 Å². The molecule has 7 nitrogen and oxygen atoms in total. The summed E-state index contributed by atoms with van der Waals surface area (Å²) in [5.41, 5.74) is 1.75. The van der Waals surface area contributed by atoms with Crippen LogP contribution in [0.2, 0.25) is 5.02 Å². The van der Waals surface area contributed by atoms with Crippen LogP contribution in [0.5, 0.6) is 17.2 Å². The van der Waals surface area contributed by atoms with Gasteiger partial charge in [-0.15, -0.1) is 0 Å². The Bertz CT molecular complexity index is 854. The second-order valence-electron chi connectivity index (χ2n) is 5.63. The van der Waals surface area contributed by atoms with Gasteiger partial charge in [-0.3, -0.25) is 9.59 Å². The number of anilines is 1. The van der Waals surface area contributed by atoms with E-state index in [9.17, 15) is 9.59 Å². The smallest absolute Gasteiger partial charge is 0.251 e. The predicted octanol–water partition coefficient (Wildman–Crippen LogP) is 3.04. The van der Waals surface area contributed by atoms with E-state index in [1.54, 1.807) is 12.1 Å². The first kappa shape index (κ1) is 20.4. The van der Waals surface area contributed by atoms with Crippen molar-refractivity contribution in [3.8, 4) is 17.2 Å². The first-order valence-electron chi connectivity index (χ1n) is 8.03. The number of ether oxygens (including phenoxy) is 3. The Balaban J connectivity index is 2.04. The topological polar surface area (TPSA) is 85.9 Å². The molecular formula is C19H21ClN2O5. The highest BCUT2D eigenvalue weighted by Gasteiger charge is 2.16. The molecule has 144 valence electrons. The van der Waals surface area contributed by atoms with Crippen molar-refractivity contribution < 1.29 is 23.8 Å². The molecule has 0 aromatic heterocycles. The third kappa shape index (κ3) is 5.04. The van der Waals surface area contributed by atoms with Crippen molar-refractivity contribution in [2.75, 3.05) is 33.2 Å². The zero-order valence-electron chi connectivity index (χ0n) is 15.5. The highest BCUT2D eigenvalue weighted by Crippen LogP contribution is 2.35. The number of carbonyl (C=O) groups is 2. The molecule has 0 fully saturated rings. The van der Waals surface area contributed by atoms with Gasteiger partial charge in [0.05, 0.1) is 38.6 Å². The van der Waals surface area contributed by atoms with Crippen molar-refractivity contribution in [1.82, 2.24) is 5.32 Å². The van der Waals surface area contributed by atoms with Gasteiger partial charge in [-0.1, -0.05) is 17.7 Å². The van der Waals surface area contributed by atoms with E-state index in [0.29, 0.717) is 22.9 Å². The summed E-state index contributed by atoms with van der Waals surface area (Å²) in [7, 11) is 4.41.